The highest BCUT2D eigenvalue weighted by Gasteiger charge is 2.20. The van der Waals surface area contributed by atoms with Crippen LogP contribution in [0.25, 0.3) is 0 Å². The quantitative estimate of drug-likeness (QED) is 0.792. The lowest BCUT2D eigenvalue weighted by Crippen LogP contribution is -2.40. The Labute approximate surface area is 101 Å². The zero-order chi connectivity index (χ0) is 12.3. The van der Waals surface area contributed by atoms with E-state index in [0.717, 1.165) is 31.4 Å². The van der Waals surface area contributed by atoms with Gasteiger partial charge in [-0.3, -0.25) is 9.78 Å². The van der Waals surface area contributed by atoms with Gasteiger partial charge in [0.05, 0.1) is 11.9 Å². The summed E-state index contributed by atoms with van der Waals surface area (Å²) in [7, 11) is 0. The minimum absolute atomic E-state index is 0.141. The number of hydrogen-bond acceptors (Lipinski definition) is 4. The maximum atomic E-state index is 11.9. The van der Waals surface area contributed by atoms with Gasteiger partial charge in [-0.05, 0) is 32.6 Å². The highest BCUT2D eigenvalue weighted by atomic mass is 16.1. The van der Waals surface area contributed by atoms with Gasteiger partial charge in [0.25, 0.3) is 5.91 Å². The second-order valence-corrected chi connectivity index (χ2v) is 4.63. The molecular formula is C12H18N4O. The summed E-state index contributed by atoms with van der Waals surface area (Å²) < 4.78 is 0. The monoisotopic (exact) mass is 234 g/mol. The molecule has 1 amide bonds. The first-order chi connectivity index (χ1) is 8.15. The van der Waals surface area contributed by atoms with E-state index in [1.54, 1.807) is 6.20 Å². The predicted octanol–water partition coefficient (Wildman–Crippen LogP) is 0.785. The van der Waals surface area contributed by atoms with Gasteiger partial charge in [-0.15, -0.1) is 0 Å². The molecule has 1 saturated carbocycles. The minimum Gasteiger partial charge on any atom is -0.348 e. The van der Waals surface area contributed by atoms with Crippen molar-refractivity contribution in [3.05, 3.63) is 23.8 Å². The van der Waals surface area contributed by atoms with Crippen LogP contribution in [0.4, 0.5) is 0 Å². The van der Waals surface area contributed by atoms with Crippen LogP contribution < -0.4 is 11.1 Å². The van der Waals surface area contributed by atoms with Crippen LogP contribution in [-0.4, -0.2) is 28.0 Å². The first-order valence-electron chi connectivity index (χ1n) is 6.00. The summed E-state index contributed by atoms with van der Waals surface area (Å²) in [5.41, 5.74) is 7.01. The third-order valence-electron chi connectivity index (χ3n) is 3.12. The van der Waals surface area contributed by atoms with Gasteiger partial charge in [-0.25, -0.2) is 4.98 Å². The molecule has 1 heterocycles. The molecule has 1 aliphatic carbocycles. The molecule has 1 aromatic rings. The number of rotatable bonds is 2. The molecule has 0 atom stereocenters. The number of carbonyl (C=O) groups is 1. The maximum absolute atomic E-state index is 11.9. The van der Waals surface area contributed by atoms with Crippen molar-refractivity contribution in [2.45, 2.75) is 44.7 Å². The fourth-order valence-electron chi connectivity index (χ4n) is 2.03. The van der Waals surface area contributed by atoms with Crippen LogP contribution in [-0.2, 0) is 0 Å². The SMILES string of the molecule is Cc1cnc(C(=O)N[C@H]2CC[C@H](N)CC2)cn1. The van der Waals surface area contributed by atoms with Crippen LogP contribution in [0, 0.1) is 6.92 Å². The van der Waals surface area contributed by atoms with Gasteiger partial charge in [0.15, 0.2) is 0 Å². The molecule has 0 aromatic carbocycles. The molecule has 0 aliphatic heterocycles. The second-order valence-electron chi connectivity index (χ2n) is 4.63. The predicted molar refractivity (Wildman–Crippen MR) is 64.5 cm³/mol. The van der Waals surface area contributed by atoms with Gasteiger partial charge in [0.1, 0.15) is 5.69 Å². The van der Waals surface area contributed by atoms with Gasteiger partial charge in [-0.1, -0.05) is 0 Å². The summed E-state index contributed by atoms with van der Waals surface area (Å²) in [4.78, 5) is 20.0. The third-order valence-corrected chi connectivity index (χ3v) is 3.12. The molecule has 0 saturated heterocycles. The van der Waals surface area contributed by atoms with Gasteiger partial charge >= 0.3 is 0 Å². The molecule has 0 spiro atoms. The molecule has 5 heteroatoms. The zero-order valence-corrected chi connectivity index (χ0v) is 10.0. The van der Waals surface area contributed by atoms with Crippen molar-refractivity contribution in [3.63, 3.8) is 0 Å². The van der Waals surface area contributed by atoms with E-state index in [9.17, 15) is 4.79 Å². The Hall–Kier alpha value is -1.49. The molecule has 1 aliphatic rings. The molecule has 3 N–H and O–H groups in total. The van der Waals surface area contributed by atoms with Gasteiger partial charge in [-0.2, -0.15) is 0 Å². The largest absolute Gasteiger partial charge is 0.348 e. The molecule has 1 fully saturated rings. The first-order valence-corrected chi connectivity index (χ1v) is 6.00. The molecule has 5 nitrogen and oxygen atoms in total. The van der Waals surface area contributed by atoms with Gasteiger partial charge in [0, 0.05) is 18.3 Å². The average Bonchev–Trinajstić information content (AvgIpc) is 2.33. The second kappa shape index (κ2) is 5.23. The number of nitrogens with two attached hydrogens (primary N) is 1. The van der Waals surface area contributed by atoms with Crippen molar-refractivity contribution in [3.8, 4) is 0 Å². The van der Waals surface area contributed by atoms with Crippen LogP contribution in [0.15, 0.2) is 12.4 Å². The van der Waals surface area contributed by atoms with Crippen molar-refractivity contribution < 1.29 is 4.79 Å². The summed E-state index contributed by atoms with van der Waals surface area (Å²) in [6, 6.07) is 0.521. The van der Waals surface area contributed by atoms with E-state index in [1.807, 2.05) is 6.92 Å². The van der Waals surface area contributed by atoms with Crippen LogP contribution in [0.1, 0.15) is 41.9 Å². The lowest BCUT2D eigenvalue weighted by atomic mass is 9.92. The lowest BCUT2D eigenvalue weighted by Gasteiger charge is -2.26. The third kappa shape index (κ3) is 3.23. The maximum Gasteiger partial charge on any atom is 0.271 e. The minimum atomic E-state index is -0.141. The Bertz CT molecular complexity index is 382. The molecule has 2 rings (SSSR count). The van der Waals surface area contributed by atoms with Crippen LogP contribution in [0.2, 0.25) is 0 Å². The average molecular weight is 234 g/mol. The van der Waals surface area contributed by atoms with E-state index in [2.05, 4.69) is 15.3 Å². The van der Waals surface area contributed by atoms with Crippen molar-refractivity contribution in [2.75, 3.05) is 0 Å². The van der Waals surface area contributed by atoms with Crippen LogP contribution >= 0.6 is 0 Å². The van der Waals surface area contributed by atoms with E-state index in [0.29, 0.717) is 11.7 Å². The Morgan fingerprint density at radius 2 is 2.00 bits per heavy atom. The first kappa shape index (κ1) is 12.0. The number of aromatic nitrogens is 2. The van der Waals surface area contributed by atoms with Crippen molar-refractivity contribution in [1.82, 2.24) is 15.3 Å². The molecule has 1 aromatic heterocycles. The van der Waals surface area contributed by atoms with E-state index >= 15 is 0 Å². The Morgan fingerprint density at radius 1 is 1.29 bits per heavy atom. The van der Waals surface area contributed by atoms with E-state index in [-0.39, 0.29) is 11.9 Å². The van der Waals surface area contributed by atoms with Gasteiger partial charge < -0.3 is 11.1 Å². The lowest BCUT2D eigenvalue weighted by molar-refractivity contribution is 0.0920. The van der Waals surface area contributed by atoms with E-state index in [1.165, 1.54) is 6.20 Å². The summed E-state index contributed by atoms with van der Waals surface area (Å²) in [6.07, 6.45) is 6.97. The van der Waals surface area contributed by atoms with E-state index < -0.39 is 0 Å². The fourth-order valence-corrected chi connectivity index (χ4v) is 2.03. The molecular weight excluding hydrogens is 216 g/mol. The fraction of sp³-hybridized carbons (Fsp3) is 0.583. The number of carbonyl (C=O) groups excluding carboxylic acids is 1. The Morgan fingerprint density at radius 3 is 2.59 bits per heavy atom. The highest BCUT2D eigenvalue weighted by molar-refractivity contribution is 5.92. The summed E-state index contributed by atoms with van der Waals surface area (Å²) in [5, 5.41) is 2.98. The standard InChI is InChI=1S/C12H18N4O/c1-8-6-15-11(7-14-8)12(17)16-10-4-2-9(13)3-5-10/h6-7,9-10H,2-5,13H2,1H3,(H,16,17)/t9-,10-. The molecule has 0 radical (unpaired) electrons. The normalized spacial score (nSPS) is 24.4. The van der Waals surface area contributed by atoms with E-state index in [4.69, 9.17) is 5.73 Å². The number of nitrogens with zero attached hydrogens (tertiary/aromatic N) is 2. The van der Waals surface area contributed by atoms with Crippen molar-refractivity contribution in [1.29, 1.82) is 0 Å². The van der Waals surface area contributed by atoms with Crippen LogP contribution in [0.5, 0.6) is 0 Å². The summed E-state index contributed by atoms with van der Waals surface area (Å²) in [6.45, 7) is 1.84. The van der Waals surface area contributed by atoms with Gasteiger partial charge in [0.2, 0.25) is 0 Å². The topological polar surface area (TPSA) is 80.9 Å². The Kier molecular flexibility index (Phi) is 3.68. The van der Waals surface area contributed by atoms with Crippen molar-refractivity contribution >= 4 is 5.91 Å². The van der Waals surface area contributed by atoms with Crippen molar-refractivity contribution in [2.24, 2.45) is 5.73 Å². The Balaban J connectivity index is 1.91. The zero-order valence-electron chi connectivity index (χ0n) is 10.0. The number of hydrogen-bond donors (Lipinski definition) is 2. The number of amides is 1. The molecule has 0 bridgehead atoms. The smallest absolute Gasteiger partial charge is 0.271 e. The van der Waals surface area contributed by atoms with Crippen LogP contribution in [0.3, 0.4) is 0 Å². The highest BCUT2D eigenvalue weighted by Crippen LogP contribution is 2.17. The molecule has 92 valence electrons. The molecule has 0 unspecified atom stereocenters. The number of nitrogens with one attached hydrogen (secondary N) is 1. The number of aryl methyl sites for hydroxylation is 1. The molecule has 17 heavy (non-hydrogen) atoms. The summed E-state index contributed by atoms with van der Waals surface area (Å²) in [5.74, 6) is -0.141. The summed E-state index contributed by atoms with van der Waals surface area (Å²) >= 11 is 0.